The zero-order valence-corrected chi connectivity index (χ0v) is 11.3. The highest BCUT2D eigenvalue weighted by molar-refractivity contribution is 5.90. The molecule has 0 saturated carbocycles. The van der Waals surface area contributed by atoms with Crippen molar-refractivity contribution in [1.82, 2.24) is 10.6 Å². The number of carboxylic acid groups (broad SMARTS) is 1. The average Bonchev–Trinajstić information content (AvgIpc) is 2.10. The van der Waals surface area contributed by atoms with Gasteiger partial charge in [-0.05, 0) is 19.3 Å². The predicted octanol–water partition coefficient (Wildman–Crippen LogP) is 0.0488. The maximum absolute atomic E-state index is 11.6. The Morgan fingerprint density at radius 2 is 1.56 bits per heavy atom. The molecule has 0 aromatic heterocycles. The third kappa shape index (κ3) is 4.60. The molecule has 7 nitrogen and oxygen atoms in total. The van der Waals surface area contributed by atoms with Crippen LogP contribution in [0.1, 0.15) is 34.6 Å². The van der Waals surface area contributed by atoms with Crippen molar-refractivity contribution in [2.75, 3.05) is 0 Å². The summed E-state index contributed by atoms with van der Waals surface area (Å²) >= 11 is 0. The van der Waals surface area contributed by atoms with E-state index in [-0.39, 0.29) is 0 Å². The van der Waals surface area contributed by atoms with Gasteiger partial charge < -0.3 is 21.5 Å². The Hall–Kier alpha value is -1.79. The lowest BCUT2D eigenvalue weighted by Crippen LogP contribution is -2.59. The quantitative estimate of drug-likeness (QED) is 0.569. The van der Waals surface area contributed by atoms with Crippen molar-refractivity contribution in [3.63, 3.8) is 0 Å². The summed E-state index contributed by atoms with van der Waals surface area (Å²) in [5.41, 5.74) is 3.20. The maximum atomic E-state index is 11.6. The van der Waals surface area contributed by atoms with Crippen molar-refractivity contribution in [3.05, 3.63) is 0 Å². The highest BCUT2D eigenvalue weighted by Crippen LogP contribution is 2.19. The zero-order valence-electron chi connectivity index (χ0n) is 11.3. The van der Waals surface area contributed by atoms with Gasteiger partial charge in [-0.25, -0.2) is 9.59 Å². The molecule has 0 saturated heterocycles. The van der Waals surface area contributed by atoms with Crippen LogP contribution in [0.5, 0.6) is 0 Å². The molecule has 0 spiro atoms. The van der Waals surface area contributed by atoms with E-state index in [9.17, 15) is 14.4 Å². The Balaban J connectivity index is 4.75. The molecule has 5 N–H and O–H groups in total. The second-order valence-corrected chi connectivity index (χ2v) is 5.72. The first-order chi connectivity index (χ1) is 7.88. The molecule has 18 heavy (non-hydrogen) atoms. The van der Waals surface area contributed by atoms with Crippen LogP contribution < -0.4 is 16.4 Å². The minimum Gasteiger partial charge on any atom is -0.480 e. The first-order valence-corrected chi connectivity index (χ1v) is 5.49. The van der Waals surface area contributed by atoms with Crippen molar-refractivity contribution in [2.24, 2.45) is 11.1 Å². The summed E-state index contributed by atoms with van der Waals surface area (Å²) < 4.78 is 0. The minimum atomic E-state index is -1.25. The van der Waals surface area contributed by atoms with Gasteiger partial charge in [0.15, 0.2) is 0 Å². The van der Waals surface area contributed by atoms with Gasteiger partial charge in [0.05, 0.1) is 0 Å². The Morgan fingerprint density at radius 3 is 1.83 bits per heavy atom. The number of rotatable bonds is 4. The number of hydrogen-bond donors (Lipinski definition) is 4. The summed E-state index contributed by atoms with van der Waals surface area (Å²) in [7, 11) is 0. The SMILES string of the molecule is CC(C)(NC(=O)N[C@@H](C(=O)O)C(C)(C)C)C(N)=O. The molecule has 0 aliphatic rings. The highest BCUT2D eigenvalue weighted by Gasteiger charge is 2.34. The molecule has 7 heteroatoms. The van der Waals surface area contributed by atoms with Crippen LogP contribution >= 0.6 is 0 Å². The van der Waals surface area contributed by atoms with E-state index in [2.05, 4.69) is 10.6 Å². The lowest BCUT2D eigenvalue weighted by atomic mass is 9.87. The van der Waals surface area contributed by atoms with E-state index in [1.54, 1.807) is 20.8 Å². The predicted molar refractivity (Wildman–Crippen MR) is 65.8 cm³/mol. The van der Waals surface area contributed by atoms with Crippen LogP contribution in [0.2, 0.25) is 0 Å². The fraction of sp³-hybridized carbons (Fsp3) is 0.727. The fourth-order valence-corrected chi connectivity index (χ4v) is 1.16. The number of aliphatic carboxylic acids is 1. The molecule has 104 valence electrons. The largest absolute Gasteiger partial charge is 0.480 e. The van der Waals surface area contributed by atoms with Crippen molar-refractivity contribution in [1.29, 1.82) is 0 Å². The summed E-state index contributed by atoms with van der Waals surface area (Å²) in [5, 5.41) is 13.7. The Morgan fingerprint density at radius 1 is 1.11 bits per heavy atom. The molecular formula is C11H21N3O4. The molecule has 0 bridgehead atoms. The van der Waals surface area contributed by atoms with E-state index < -0.39 is 34.9 Å². The smallest absolute Gasteiger partial charge is 0.326 e. The third-order valence-corrected chi connectivity index (χ3v) is 2.43. The molecule has 0 unspecified atom stereocenters. The number of primary amides is 1. The van der Waals surface area contributed by atoms with Crippen LogP contribution in [0.15, 0.2) is 0 Å². The minimum absolute atomic E-state index is 0.653. The Bertz CT molecular complexity index is 358. The number of nitrogens with two attached hydrogens (primary N) is 1. The first kappa shape index (κ1) is 16.2. The fourth-order valence-electron chi connectivity index (χ4n) is 1.16. The number of urea groups is 1. The van der Waals surface area contributed by atoms with Crippen molar-refractivity contribution < 1.29 is 19.5 Å². The summed E-state index contributed by atoms with van der Waals surface area (Å²) in [4.78, 5) is 33.7. The van der Waals surface area contributed by atoms with Gasteiger partial charge in [-0.2, -0.15) is 0 Å². The van der Waals surface area contributed by atoms with Gasteiger partial charge in [-0.1, -0.05) is 20.8 Å². The van der Waals surface area contributed by atoms with E-state index in [0.29, 0.717) is 0 Å². The highest BCUT2D eigenvalue weighted by atomic mass is 16.4. The van der Waals surface area contributed by atoms with E-state index in [1.807, 2.05) is 0 Å². The molecule has 0 aliphatic heterocycles. The standard InChI is InChI=1S/C11H21N3O4/c1-10(2,3)6(7(15)16)13-9(18)14-11(4,5)8(12)17/h6H,1-5H3,(H2,12,17)(H,15,16)(H2,13,14,18)/t6-/m0/s1. The van der Waals surface area contributed by atoms with E-state index in [0.717, 1.165) is 0 Å². The third-order valence-electron chi connectivity index (χ3n) is 2.43. The van der Waals surface area contributed by atoms with Gasteiger partial charge in [0.2, 0.25) is 5.91 Å². The summed E-state index contributed by atoms with van der Waals surface area (Å²) in [6.45, 7) is 7.92. The molecule has 0 aromatic carbocycles. The lowest BCUT2D eigenvalue weighted by molar-refractivity contribution is -0.141. The first-order valence-electron chi connectivity index (χ1n) is 5.49. The molecule has 0 rings (SSSR count). The number of amides is 3. The molecule has 0 heterocycles. The maximum Gasteiger partial charge on any atom is 0.326 e. The number of carboxylic acids is 1. The van der Waals surface area contributed by atoms with Crippen LogP contribution in [0.4, 0.5) is 4.79 Å². The van der Waals surface area contributed by atoms with Gasteiger partial charge in [-0.15, -0.1) is 0 Å². The van der Waals surface area contributed by atoms with E-state index in [4.69, 9.17) is 10.8 Å². The van der Waals surface area contributed by atoms with Crippen LogP contribution in [0.25, 0.3) is 0 Å². The second-order valence-electron chi connectivity index (χ2n) is 5.72. The summed E-state index contributed by atoms with van der Waals surface area (Å²) in [6.07, 6.45) is 0. The van der Waals surface area contributed by atoms with Crippen molar-refractivity contribution in [2.45, 2.75) is 46.2 Å². The van der Waals surface area contributed by atoms with Gasteiger partial charge in [0, 0.05) is 0 Å². The Labute approximate surface area is 106 Å². The molecule has 0 radical (unpaired) electrons. The van der Waals surface area contributed by atoms with Crippen LogP contribution in [0.3, 0.4) is 0 Å². The average molecular weight is 259 g/mol. The summed E-state index contributed by atoms with van der Waals surface area (Å²) in [5.74, 6) is -1.85. The summed E-state index contributed by atoms with van der Waals surface area (Å²) in [6, 6.07) is -1.82. The van der Waals surface area contributed by atoms with Crippen molar-refractivity contribution >= 4 is 17.9 Å². The van der Waals surface area contributed by atoms with Crippen molar-refractivity contribution in [3.8, 4) is 0 Å². The monoisotopic (exact) mass is 259 g/mol. The second kappa shape index (κ2) is 5.24. The molecule has 1 atom stereocenters. The number of hydrogen-bond acceptors (Lipinski definition) is 3. The normalized spacial score (nSPS) is 13.6. The topological polar surface area (TPSA) is 122 Å². The zero-order chi connectivity index (χ0) is 14.7. The lowest BCUT2D eigenvalue weighted by Gasteiger charge is -2.30. The van der Waals surface area contributed by atoms with Gasteiger partial charge >= 0.3 is 12.0 Å². The van der Waals surface area contributed by atoms with Gasteiger partial charge in [0.25, 0.3) is 0 Å². The molecule has 3 amide bonds. The number of carbonyl (C=O) groups excluding carboxylic acids is 2. The van der Waals surface area contributed by atoms with Crippen LogP contribution in [-0.4, -0.2) is 34.6 Å². The molecule has 0 fully saturated rings. The Kier molecular flexibility index (Phi) is 4.72. The number of carbonyl (C=O) groups is 3. The number of nitrogens with one attached hydrogen (secondary N) is 2. The van der Waals surface area contributed by atoms with E-state index >= 15 is 0 Å². The molecular weight excluding hydrogens is 238 g/mol. The van der Waals surface area contributed by atoms with Crippen LogP contribution in [-0.2, 0) is 9.59 Å². The molecule has 0 aliphatic carbocycles. The molecule has 0 aromatic rings. The van der Waals surface area contributed by atoms with Crippen LogP contribution in [0, 0.1) is 5.41 Å². The van der Waals surface area contributed by atoms with E-state index in [1.165, 1.54) is 13.8 Å². The van der Waals surface area contributed by atoms with Gasteiger partial charge in [-0.3, -0.25) is 4.79 Å². The van der Waals surface area contributed by atoms with Gasteiger partial charge in [0.1, 0.15) is 11.6 Å².